The van der Waals surface area contributed by atoms with Crippen molar-refractivity contribution in [2.45, 2.75) is 243 Å². The van der Waals surface area contributed by atoms with E-state index in [4.69, 9.17) is 9.47 Å². The summed E-state index contributed by atoms with van der Waals surface area (Å²) in [6, 6.07) is -0.796. The van der Waals surface area contributed by atoms with Crippen LogP contribution in [-0.4, -0.2) is 87.5 Å². The average molecular weight is 742 g/mol. The van der Waals surface area contributed by atoms with Crippen molar-refractivity contribution in [3.63, 3.8) is 0 Å². The van der Waals surface area contributed by atoms with E-state index < -0.39 is 49.5 Å². The first-order valence-corrected chi connectivity index (χ1v) is 21.9. The molecule has 1 rings (SSSR count). The minimum Gasteiger partial charge on any atom is -0.394 e. The largest absolute Gasteiger partial charge is 0.394 e. The van der Waals surface area contributed by atoms with E-state index in [0.717, 1.165) is 38.5 Å². The van der Waals surface area contributed by atoms with Crippen molar-refractivity contribution in [1.29, 1.82) is 0 Å². The van der Waals surface area contributed by atoms with Crippen molar-refractivity contribution in [2.75, 3.05) is 13.2 Å². The average Bonchev–Trinajstić information content (AvgIpc) is 3.14. The van der Waals surface area contributed by atoms with Crippen LogP contribution in [0.5, 0.6) is 0 Å². The molecule has 0 aromatic carbocycles. The van der Waals surface area contributed by atoms with Gasteiger partial charge in [0.2, 0.25) is 5.91 Å². The van der Waals surface area contributed by atoms with Crippen LogP contribution in [0.2, 0.25) is 0 Å². The molecular weight excluding hydrogens is 658 g/mol. The lowest BCUT2D eigenvalue weighted by atomic mass is 9.99. The Hall–Kier alpha value is -1.07. The number of carbonyl (C=O) groups is 1. The molecule has 9 nitrogen and oxygen atoms in total. The molecule has 1 aliphatic rings. The molecule has 6 N–H and O–H groups in total. The Balaban J connectivity index is 2.28. The third-order valence-electron chi connectivity index (χ3n) is 10.6. The number of hydrogen-bond donors (Lipinski definition) is 6. The van der Waals surface area contributed by atoms with E-state index in [1.165, 1.54) is 141 Å². The summed E-state index contributed by atoms with van der Waals surface area (Å²) in [6.07, 6.45) is 31.2. The zero-order chi connectivity index (χ0) is 38.1. The van der Waals surface area contributed by atoms with E-state index in [1.54, 1.807) is 6.08 Å². The van der Waals surface area contributed by atoms with Crippen LogP contribution < -0.4 is 5.32 Å². The van der Waals surface area contributed by atoms with Gasteiger partial charge in [-0.05, 0) is 19.3 Å². The first-order chi connectivity index (χ1) is 25.3. The summed E-state index contributed by atoms with van der Waals surface area (Å²) in [7, 11) is 0. The number of aliphatic hydroxyl groups excluding tert-OH is 5. The third kappa shape index (κ3) is 25.1. The Morgan fingerprint density at radius 3 is 1.50 bits per heavy atom. The number of unbranched alkanes of at least 4 members (excludes halogenated alkanes) is 26. The highest BCUT2D eigenvalue weighted by atomic mass is 16.7. The molecule has 0 bridgehead atoms. The molecule has 308 valence electrons. The van der Waals surface area contributed by atoms with Gasteiger partial charge in [0.25, 0.3) is 0 Å². The molecule has 0 aromatic heterocycles. The van der Waals surface area contributed by atoms with E-state index in [9.17, 15) is 30.3 Å². The highest BCUT2D eigenvalue weighted by molar-refractivity contribution is 5.76. The number of allylic oxidation sites excluding steroid dienone is 1. The molecule has 9 heteroatoms. The van der Waals surface area contributed by atoms with Gasteiger partial charge in [0.1, 0.15) is 24.4 Å². The normalized spacial score (nSPS) is 21.9. The van der Waals surface area contributed by atoms with Gasteiger partial charge in [-0.25, -0.2) is 0 Å². The topological polar surface area (TPSA) is 149 Å². The van der Waals surface area contributed by atoms with Crippen molar-refractivity contribution >= 4 is 5.91 Å². The summed E-state index contributed by atoms with van der Waals surface area (Å²) >= 11 is 0. The molecule has 52 heavy (non-hydrogen) atoms. The van der Waals surface area contributed by atoms with E-state index >= 15 is 0 Å². The summed E-state index contributed by atoms with van der Waals surface area (Å²) in [6.45, 7) is 3.74. The summed E-state index contributed by atoms with van der Waals surface area (Å²) in [5, 5.41) is 53.9. The molecule has 1 fully saturated rings. The molecule has 0 aliphatic carbocycles. The summed E-state index contributed by atoms with van der Waals surface area (Å²) in [4.78, 5) is 12.9. The second-order valence-electron chi connectivity index (χ2n) is 15.5. The van der Waals surface area contributed by atoms with Crippen molar-refractivity contribution < 1.29 is 39.8 Å². The SMILES string of the molecule is CCCCCCCCC/C=C/[C@@H](O)[C@H](CO[C@H]1O[C@@H](CO)[C@H](O)C(O)C1O)NC(=O)CCCCCCCCCCCCCCCCCCCCCC. The van der Waals surface area contributed by atoms with Crippen LogP contribution in [0.4, 0.5) is 0 Å². The van der Waals surface area contributed by atoms with Crippen LogP contribution in [-0.2, 0) is 14.3 Å². The summed E-state index contributed by atoms with van der Waals surface area (Å²) in [5.41, 5.74) is 0. The minimum atomic E-state index is -1.56. The standard InChI is InChI=1S/C43H83NO8/c1-3-5-7-9-11-13-14-15-16-17-18-19-20-21-22-23-25-27-29-31-33-39(47)44-36(37(46)32-30-28-26-24-12-10-8-6-4-2)35-51-43-42(50)41(49)40(48)38(34-45)52-43/h30,32,36-38,40-43,45-46,48-50H,3-29,31,33-35H2,1-2H3,(H,44,47)/b32-30+/t36-,37+,38-,40-,41?,42?,43-/m0/s1. The Bertz CT molecular complexity index is 827. The molecule has 1 saturated heterocycles. The van der Waals surface area contributed by atoms with Crippen LogP contribution in [0.15, 0.2) is 12.2 Å². The first-order valence-electron chi connectivity index (χ1n) is 21.9. The molecule has 0 saturated carbocycles. The molecule has 1 amide bonds. The van der Waals surface area contributed by atoms with E-state index in [1.807, 2.05) is 6.08 Å². The fourth-order valence-electron chi connectivity index (χ4n) is 7.04. The lowest BCUT2D eigenvalue weighted by Crippen LogP contribution is -2.60. The van der Waals surface area contributed by atoms with Gasteiger partial charge in [0.05, 0.1) is 25.4 Å². The highest BCUT2D eigenvalue weighted by Gasteiger charge is 2.44. The van der Waals surface area contributed by atoms with E-state index in [-0.39, 0.29) is 12.5 Å². The Kier molecular flexibility index (Phi) is 32.4. The monoisotopic (exact) mass is 742 g/mol. The molecule has 0 aromatic rings. The van der Waals surface area contributed by atoms with Gasteiger partial charge in [-0.3, -0.25) is 4.79 Å². The van der Waals surface area contributed by atoms with Crippen LogP contribution in [0, 0.1) is 0 Å². The Morgan fingerprint density at radius 1 is 0.635 bits per heavy atom. The van der Waals surface area contributed by atoms with Crippen LogP contribution in [0.1, 0.15) is 200 Å². The quantitative estimate of drug-likeness (QED) is 0.0277. The zero-order valence-corrected chi connectivity index (χ0v) is 33.6. The van der Waals surface area contributed by atoms with Crippen molar-refractivity contribution in [3.05, 3.63) is 12.2 Å². The second-order valence-corrected chi connectivity index (χ2v) is 15.5. The van der Waals surface area contributed by atoms with Crippen LogP contribution >= 0.6 is 0 Å². The molecule has 2 unspecified atom stereocenters. The maximum Gasteiger partial charge on any atom is 0.220 e. The molecule has 0 radical (unpaired) electrons. The number of amides is 1. The summed E-state index contributed by atoms with van der Waals surface area (Å²) in [5.74, 6) is -0.177. The second kappa shape index (κ2) is 34.4. The number of nitrogens with one attached hydrogen (secondary N) is 1. The van der Waals surface area contributed by atoms with Gasteiger partial charge in [0, 0.05) is 6.42 Å². The number of aliphatic hydroxyl groups is 5. The van der Waals surface area contributed by atoms with Gasteiger partial charge < -0.3 is 40.3 Å². The number of carbonyl (C=O) groups excluding carboxylic acids is 1. The number of rotatable bonds is 36. The predicted octanol–water partition coefficient (Wildman–Crippen LogP) is 8.56. The van der Waals surface area contributed by atoms with Gasteiger partial charge in [-0.15, -0.1) is 0 Å². The maximum absolute atomic E-state index is 12.9. The van der Waals surface area contributed by atoms with Crippen molar-refractivity contribution in [2.24, 2.45) is 0 Å². The fraction of sp³-hybridized carbons (Fsp3) is 0.930. The van der Waals surface area contributed by atoms with Gasteiger partial charge in [-0.2, -0.15) is 0 Å². The van der Waals surface area contributed by atoms with Crippen LogP contribution in [0.25, 0.3) is 0 Å². The predicted molar refractivity (Wildman–Crippen MR) is 212 cm³/mol. The maximum atomic E-state index is 12.9. The number of ether oxygens (including phenoxy) is 2. The van der Waals surface area contributed by atoms with E-state index in [0.29, 0.717) is 6.42 Å². The molecular formula is C43H83NO8. The van der Waals surface area contributed by atoms with Gasteiger partial charge in [-0.1, -0.05) is 187 Å². The van der Waals surface area contributed by atoms with Gasteiger partial charge >= 0.3 is 0 Å². The molecule has 0 spiro atoms. The van der Waals surface area contributed by atoms with E-state index in [2.05, 4.69) is 19.2 Å². The Morgan fingerprint density at radius 2 is 1.06 bits per heavy atom. The molecule has 1 aliphatic heterocycles. The highest BCUT2D eigenvalue weighted by Crippen LogP contribution is 2.22. The van der Waals surface area contributed by atoms with Crippen molar-refractivity contribution in [1.82, 2.24) is 5.32 Å². The molecule has 7 atom stereocenters. The van der Waals surface area contributed by atoms with Gasteiger partial charge in [0.15, 0.2) is 6.29 Å². The first kappa shape index (κ1) is 48.9. The fourth-order valence-corrected chi connectivity index (χ4v) is 7.04. The summed E-state index contributed by atoms with van der Waals surface area (Å²) < 4.78 is 11.2. The Labute approximate surface area is 318 Å². The third-order valence-corrected chi connectivity index (χ3v) is 10.6. The lowest BCUT2D eigenvalue weighted by Gasteiger charge is -2.40. The van der Waals surface area contributed by atoms with Crippen LogP contribution in [0.3, 0.4) is 0 Å². The zero-order valence-electron chi connectivity index (χ0n) is 33.6. The lowest BCUT2D eigenvalue weighted by molar-refractivity contribution is -0.302. The smallest absolute Gasteiger partial charge is 0.220 e. The molecule has 1 heterocycles. The minimum absolute atomic E-state index is 0.177. The van der Waals surface area contributed by atoms with Crippen molar-refractivity contribution in [3.8, 4) is 0 Å². The number of hydrogen-bond acceptors (Lipinski definition) is 8.